The maximum Gasteiger partial charge on any atom is 0.416 e. The molecular weight excluding hydrogens is 406 g/mol. The van der Waals surface area contributed by atoms with E-state index in [1.165, 1.54) is 28.9 Å². The van der Waals surface area contributed by atoms with Crippen LogP contribution in [0.4, 0.5) is 16.4 Å². The average molecular weight is 436 g/mol. The molecule has 4 heterocycles. The fourth-order valence-corrected chi connectivity index (χ4v) is 4.48. The minimum absolute atomic E-state index is 0.0400. The summed E-state index contributed by atoms with van der Waals surface area (Å²) in [6.45, 7) is 9.06. The quantitative estimate of drug-likeness (QED) is 0.733. The first kappa shape index (κ1) is 20.7. The van der Waals surface area contributed by atoms with E-state index < -0.39 is 11.7 Å². The van der Waals surface area contributed by atoms with Crippen LogP contribution in [0.1, 0.15) is 54.1 Å². The molecule has 2 aromatic rings. The number of anilines is 2. The molecule has 3 fully saturated rings. The number of pyridine rings is 2. The summed E-state index contributed by atoms with van der Waals surface area (Å²) in [7, 11) is 0. The zero-order valence-electron chi connectivity index (χ0n) is 18.9. The third kappa shape index (κ3) is 4.01. The number of amides is 2. The molecule has 2 aliphatic heterocycles. The molecule has 0 aromatic carbocycles. The van der Waals surface area contributed by atoms with Crippen LogP contribution in [0.5, 0.6) is 0 Å². The van der Waals surface area contributed by atoms with Crippen molar-refractivity contribution in [2.24, 2.45) is 0 Å². The third-order valence-electron chi connectivity index (χ3n) is 6.38. The number of rotatable bonds is 4. The van der Waals surface area contributed by atoms with Crippen molar-refractivity contribution in [2.45, 2.75) is 45.1 Å². The molecule has 0 atom stereocenters. The van der Waals surface area contributed by atoms with Crippen molar-refractivity contribution in [3.05, 3.63) is 47.3 Å². The van der Waals surface area contributed by atoms with E-state index in [4.69, 9.17) is 9.72 Å². The third-order valence-corrected chi connectivity index (χ3v) is 6.38. The van der Waals surface area contributed by atoms with Gasteiger partial charge in [0, 0.05) is 38.6 Å². The summed E-state index contributed by atoms with van der Waals surface area (Å²) in [6, 6.07) is 5.71. The summed E-state index contributed by atoms with van der Waals surface area (Å²) < 4.78 is 5.33. The largest absolute Gasteiger partial charge is 0.441 e. The molecule has 8 nitrogen and oxygen atoms in total. The molecule has 0 spiro atoms. The highest BCUT2D eigenvalue weighted by Crippen LogP contribution is 2.40. The minimum atomic E-state index is -0.543. The van der Waals surface area contributed by atoms with Crippen LogP contribution in [0, 0.1) is 6.92 Å². The molecule has 0 unspecified atom stereocenters. The van der Waals surface area contributed by atoms with Crippen molar-refractivity contribution >= 4 is 23.6 Å². The Bertz CT molecular complexity index is 1040. The molecule has 3 aliphatic rings. The van der Waals surface area contributed by atoms with Crippen molar-refractivity contribution in [3.63, 3.8) is 0 Å². The summed E-state index contributed by atoms with van der Waals surface area (Å²) in [4.78, 5) is 39.7. The molecule has 1 saturated carbocycles. The highest BCUT2D eigenvalue weighted by Gasteiger charge is 2.39. The number of piperazine rings is 1. The maximum absolute atomic E-state index is 13.0. The molecule has 0 radical (unpaired) electrons. The second-order valence-corrected chi connectivity index (χ2v) is 9.58. The van der Waals surface area contributed by atoms with Crippen LogP contribution >= 0.6 is 0 Å². The van der Waals surface area contributed by atoms with E-state index in [0.717, 1.165) is 18.9 Å². The van der Waals surface area contributed by atoms with Gasteiger partial charge in [-0.15, -0.1) is 0 Å². The normalized spacial score (nSPS) is 20.5. The first-order chi connectivity index (χ1) is 15.3. The SMILES string of the molecule is Cc1cc(C2CC2)cnc1N1CCN(C(=O)c2ccc(N3CC(C)(C)OC3=O)nc2)CC1. The van der Waals surface area contributed by atoms with Crippen LogP contribution in [0.25, 0.3) is 0 Å². The Balaban J connectivity index is 1.21. The second-order valence-electron chi connectivity index (χ2n) is 9.58. The predicted molar refractivity (Wildman–Crippen MR) is 121 cm³/mol. The molecule has 0 bridgehead atoms. The highest BCUT2D eigenvalue weighted by molar-refractivity contribution is 5.95. The molecule has 5 rings (SSSR count). The van der Waals surface area contributed by atoms with Crippen LogP contribution in [0.3, 0.4) is 0 Å². The standard InChI is InChI=1S/C24H29N5O3/c1-16-12-19(17-4-5-17)14-26-21(16)27-8-10-28(11-9-27)22(30)18-6-7-20(25-13-18)29-15-24(2,3)32-23(29)31/h6-7,12-14,17H,4-5,8-11,15H2,1-3H3. The van der Waals surface area contributed by atoms with Gasteiger partial charge in [-0.05, 0) is 62.8 Å². The van der Waals surface area contributed by atoms with Crippen LogP contribution in [-0.4, -0.2) is 65.2 Å². The van der Waals surface area contributed by atoms with Gasteiger partial charge in [0.05, 0.1) is 12.1 Å². The lowest BCUT2D eigenvalue weighted by atomic mass is 10.1. The van der Waals surface area contributed by atoms with E-state index in [2.05, 4.69) is 22.9 Å². The lowest BCUT2D eigenvalue weighted by molar-refractivity contribution is 0.0745. The van der Waals surface area contributed by atoms with E-state index in [1.807, 2.05) is 24.9 Å². The van der Waals surface area contributed by atoms with Crippen LogP contribution < -0.4 is 9.80 Å². The zero-order valence-corrected chi connectivity index (χ0v) is 18.9. The smallest absolute Gasteiger partial charge is 0.416 e. The monoisotopic (exact) mass is 435 g/mol. The van der Waals surface area contributed by atoms with E-state index in [-0.39, 0.29) is 5.91 Å². The first-order valence-electron chi connectivity index (χ1n) is 11.3. The number of aryl methyl sites for hydroxylation is 1. The van der Waals surface area contributed by atoms with Crippen molar-refractivity contribution in [3.8, 4) is 0 Å². The van der Waals surface area contributed by atoms with Gasteiger partial charge in [-0.1, -0.05) is 6.07 Å². The Kier molecular flexibility index (Phi) is 5.03. The van der Waals surface area contributed by atoms with Crippen molar-refractivity contribution in [1.29, 1.82) is 0 Å². The second kappa shape index (κ2) is 7.76. The number of nitrogens with zero attached hydrogens (tertiary/aromatic N) is 5. The molecular formula is C24H29N5O3. The number of ether oxygens (including phenoxy) is 1. The summed E-state index contributed by atoms with van der Waals surface area (Å²) in [5, 5.41) is 0. The number of hydrogen-bond donors (Lipinski definition) is 0. The first-order valence-corrected chi connectivity index (χ1v) is 11.3. The van der Waals surface area contributed by atoms with Crippen LogP contribution in [0.15, 0.2) is 30.6 Å². The Labute approximate surface area is 188 Å². The van der Waals surface area contributed by atoms with Crippen LogP contribution in [-0.2, 0) is 4.74 Å². The molecule has 2 aromatic heterocycles. The van der Waals surface area contributed by atoms with Gasteiger partial charge in [-0.2, -0.15) is 0 Å². The van der Waals surface area contributed by atoms with Crippen molar-refractivity contribution < 1.29 is 14.3 Å². The molecule has 0 N–H and O–H groups in total. The summed E-state index contributed by atoms with van der Waals surface area (Å²) in [5.74, 6) is 2.18. The van der Waals surface area contributed by atoms with Gasteiger partial charge in [0.15, 0.2) is 0 Å². The molecule has 2 saturated heterocycles. The van der Waals surface area contributed by atoms with Crippen molar-refractivity contribution in [1.82, 2.24) is 14.9 Å². The Morgan fingerprint density at radius 2 is 1.84 bits per heavy atom. The average Bonchev–Trinajstić information content (AvgIpc) is 3.58. The number of cyclic esters (lactones) is 1. The topological polar surface area (TPSA) is 78.9 Å². The fraction of sp³-hybridized carbons (Fsp3) is 0.500. The number of aromatic nitrogens is 2. The van der Waals surface area contributed by atoms with Gasteiger partial charge >= 0.3 is 6.09 Å². The molecule has 1 aliphatic carbocycles. The molecule has 32 heavy (non-hydrogen) atoms. The summed E-state index contributed by atoms with van der Waals surface area (Å²) >= 11 is 0. The number of hydrogen-bond acceptors (Lipinski definition) is 6. The van der Waals surface area contributed by atoms with Gasteiger partial charge in [0.1, 0.15) is 17.2 Å². The minimum Gasteiger partial charge on any atom is -0.441 e. The lowest BCUT2D eigenvalue weighted by Crippen LogP contribution is -2.49. The van der Waals surface area contributed by atoms with Gasteiger partial charge in [-0.25, -0.2) is 14.8 Å². The van der Waals surface area contributed by atoms with Gasteiger partial charge < -0.3 is 14.5 Å². The molecule has 168 valence electrons. The molecule has 8 heteroatoms. The zero-order chi connectivity index (χ0) is 22.5. The maximum atomic E-state index is 13.0. The molecule has 2 amide bonds. The van der Waals surface area contributed by atoms with Crippen LogP contribution in [0.2, 0.25) is 0 Å². The Hall–Kier alpha value is -3.16. The van der Waals surface area contributed by atoms with Crippen molar-refractivity contribution in [2.75, 3.05) is 42.5 Å². The van der Waals surface area contributed by atoms with E-state index in [1.54, 1.807) is 18.3 Å². The van der Waals surface area contributed by atoms with Gasteiger partial charge in [0.2, 0.25) is 0 Å². The Morgan fingerprint density at radius 3 is 2.41 bits per heavy atom. The summed E-state index contributed by atoms with van der Waals surface area (Å²) in [5.41, 5.74) is 2.54. The van der Waals surface area contributed by atoms with Gasteiger partial charge in [0.25, 0.3) is 5.91 Å². The van der Waals surface area contributed by atoms with E-state index >= 15 is 0 Å². The van der Waals surface area contributed by atoms with Gasteiger partial charge in [-0.3, -0.25) is 9.69 Å². The number of carbonyl (C=O) groups is 2. The lowest BCUT2D eigenvalue weighted by Gasteiger charge is -2.36. The predicted octanol–water partition coefficient (Wildman–Crippen LogP) is 3.36. The Morgan fingerprint density at radius 1 is 1.09 bits per heavy atom. The summed E-state index contributed by atoms with van der Waals surface area (Å²) in [6.07, 6.45) is 5.70. The van der Waals surface area contributed by atoms with E-state index in [0.29, 0.717) is 36.9 Å². The number of carbonyl (C=O) groups excluding carboxylic acids is 2. The highest BCUT2D eigenvalue weighted by atomic mass is 16.6. The fourth-order valence-electron chi connectivity index (χ4n) is 4.48. The van der Waals surface area contributed by atoms with E-state index in [9.17, 15) is 9.59 Å².